The molecule has 0 spiro atoms. The minimum atomic E-state index is -0.789. The Morgan fingerprint density at radius 2 is 2.00 bits per heavy atom. The van der Waals surface area contributed by atoms with E-state index < -0.39 is 5.97 Å². The number of amides is 1. The van der Waals surface area contributed by atoms with E-state index in [1.807, 2.05) is 37.3 Å². The van der Waals surface area contributed by atoms with Crippen molar-refractivity contribution in [1.82, 2.24) is 0 Å². The van der Waals surface area contributed by atoms with Crippen LogP contribution >= 0.6 is 11.8 Å². The number of rotatable bonds is 8. The van der Waals surface area contributed by atoms with Gasteiger partial charge in [-0.2, -0.15) is 11.8 Å². The van der Waals surface area contributed by atoms with Crippen LogP contribution in [0.4, 0.5) is 5.69 Å². The second kappa shape index (κ2) is 9.13. The molecule has 0 aliphatic carbocycles. The normalized spacial score (nSPS) is 10.3. The molecule has 1 amide bonds. The highest BCUT2D eigenvalue weighted by molar-refractivity contribution is 7.98. The summed E-state index contributed by atoms with van der Waals surface area (Å²) < 4.78 is 5.15. The molecule has 0 heterocycles. The van der Waals surface area contributed by atoms with Gasteiger partial charge in [-0.05, 0) is 48.4 Å². The van der Waals surface area contributed by atoms with Gasteiger partial charge in [-0.1, -0.05) is 12.1 Å². The van der Waals surface area contributed by atoms with E-state index in [9.17, 15) is 9.59 Å². The molecule has 2 N–H and O–H groups in total. The van der Waals surface area contributed by atoms with Gasteiger partial charge in [-0.3, -0.25) is 9.59 Å². The van der Waals surface area contributed by atoms with E-state index in [4.69, 9.17) is 9.84 Å². The van der Waals surface area contributed by atoms with Gasteiger partial charge in [-0.25, -0.2) is 0 Å². The molecule has 0 atom stereocenters. The molecule has 25 heavy (non-hydrogen) atoms. The average molecular weight is 359 g/mol. The molecule has 2 aromatic carbocycles. The van der Waals surface area contributed by atoms with Crippen molar-refractivity contribution in [2.45, 2.75) is 19.1 Å². The third-order valence-corrected chi connectivity index (χ3v) is 4.62. The Bertz CT molecular complexity index is 761. The molecule has 0 fully saturated rings. The number of methoxy groups -OCH3 is 1. The van der Waals surface area contributed by atoms with Crippen molar-refractivity contribution in [3.63, 3.8) is 0 Å². The fraction of sp³-hybridized carbons (Fsp3) is 0.263. The summed E-state index contributed by atoms with van der Waals surface area (Å²) in [6.07, 6.45) is 0.151. The van der Waals surface area contributed by atoms with Crippen LogP contribution in [0.25, 0.3) is 0 Å². The van der Waals surface area contributed by atoms with E-state index in [1.165, 1.54) is 0 Å². The first kappa shape index (κ1) is 18.9. The summed E-state index contributed by atoms with van der Waals surface area (Å²) in [5, 5.41) is 11.6. The van der Waals surface area contributed by atoms with Crippen LogP contribution in [0.5, 0.6) is 5.75 Å². The third kappa shape index (κ3) is 5.83. The van der Waals surface area contributed by atoms with Crippen LogP contribution in [-0.2, 0) is 10.5 Å². The molecular weight excluding hydrogens is 338 g/mol. The number of carboxylic acid groups (broad SMARTS) is 1. The second-order valence-electron chi connectivity index (χ2n) is 5.53. The van der Waals surface area contributed by atoms with Gasteiger partial charge in [0.15, 0.2) is 0 Å². The zero-order valence-corrected chi connectivity index (χ0v) is 15.1. The van der Waals surface area contributed by atoms with Crippen LogP contribution in [0.3, 0.4) is 0 Å². The molecule has 2 rings (SSSR count). The number of carbonyl (C=O) groups excluding carboxylic acids is 1. The number of benzene rings is 2. The van der Waals surface area contributed by atoms with Crippen molar-refractivity contribution >= 4 is 29.3 Å². The van der Waals surface area contributed by atoms with Gasteiger partial charge < -0.3 is 15.2 Å². The van der Waals surface area contributed by atoms with E-state index in [2.05, 4.69) is 5.32 Å². The van der Waals surface area contributed by atoms with Gasteiger partial charge in [0.25, 0.3) is 5.91 Å². The van der Waals surface area contributed by atoms with Crippen molar-refractivity contribution in [3.8, 4) is 5.75 Å². The molecule has 0 saturated carbocycles. The average Bonchev–Trinajstić information content (AvgIpc) is 2.58. The van der Waals surface area contributed by atoms with Gasteiger partial charge in [0.05, 0.1) is 13.5 Å². The smallest absolute Gasteiger partial charge is 0.304 e. The van der Waals surface area contributed by atoms with Crippen LogP contribution in [0.2, 0.25) is 0 Å². The quantitative estimate of drug-likeness (QED) is 0.698. The molecule has 6 heteroatoms. The molecule has 0 unspecified atom stereocenters. The largest absolute Gasteiger partial charge is 0.497 e. The maximum absolute atomic E-state index is 12.5. The fourth-order valence-corrected chi connectivity index (χ4v) is 3.18. The predicted octanol–water partition coefficient (Wildman–Crippen LogP) is 3.96. The lowest BCUT2D eigenvalue weighted by atomic mass is 10.1. The molecule has 2 aromatic rings. The van der Waals surface area contributed by atoms with Crippen molar-refractivity contribution in [2.24, 2.45) is 0 Å². The van der Waals surface area contributed by atoms with Crippen molar-refractivity contribution in [3.05, 3.63) is 59.2 Å². The molecule has 0 radical (unpaired) electrons. The van der Waals surface area contributed by atoms with Crippen LogP contribution in [0, 0.1) is 6.92 Å². The Morgan fingerprint density at radius 1 is 1.20 bits per heavy atom. The Balaban J connectivity index is 1.99. The van der Waals surface area contributed by atoms with Crippen LogP contribution in [-0.4, -0.2) is 29.8 Å². The maximum Gasteiger partial charge on any atom is 0.304 e. The van der Waals surface area contributed by atoms with Crippen molar-refractivity contribution < 1.29 is 19.4 Å². The Labute approximate surface area is 151 Å². The molecule has 0 aliphatic heterocycles. The number of carboxylic acids is 1. The van der Waals surface area contributed by atoms with Gasteiger partial charge >= 0.3 is 5.97 Å². The molecule has 0 saturated heterocycles. The van der Waals surface area contributed by atoms with Gasteiger partial charge in [0, 0.05) is 22.8 Å². The van der Waals surface area contributed by atoms with Gasteiger partial charge in [-0.15, -0.1) is 0 Å². The summed E-state index contributed by atoms with van der Waals surface area (Å²) in [7, 11) is 1.59. The van der Waals surface area contributed by atoms with E-state index in [0.717, 1.165) is 22.6 Å². The van der Waals surface area contributed by atoms with E-state index in [0.29, 0.717) is 17.1 Å². The first-order valence-corrected chi connectivity index (χ1v) is 8.99. The first-order chi connectivity index (χ1) is 12.0. The zero-order chi connectivity index (χ0) is 18.2. The van der Waals surface area contributed by atoms with Crippen molar-refractivity contribution in [1.29, 1.82) is 0 Å². The number of carbonyl (C=O) groups is 2. The Morgan fingerprint density at radius 3 is 2.68 bits per heavy atom. The highest BCUT2D eigenvalue weighted by Crippen LogP contribution is 2.20. The van der Waals surface area contributed by atoms with E-state index in [-0.39, 0.29) is 12.3 Å². The number of anilines is 1. The summed E-state index contributed by atoms with van der Waals surface area (Å²) in [4.78, 5) is 23.0. The molecular formula is C19H21NO4S. The van der Waals surface area contributed by atoms with Gasteiger partial charge in [0.1, 0.15) is 5.75 Å². The Kier molecular flexibility index (Phi) is 6.89. The molecule has 5 nitrogen and oxygen atoms in total. The maximum atomic E-state index is 12.5. The molecule has 0 aromatic heterocycles. The number of hydrogen-bond donors (Lipinski definition) is 2. The van der Waals surface area contributed by atoms with Crippen LogP contribution in [0.1, 0.15) is 27.9 Å². The third-order valence-electron chi connectivity index (χ3n) is 3.59. The summed E-state index contributed by atoms with van der Waals surface area (Å²) in [5.74, 6) is 1.03. The SMILES string of the molecule is COc1ccc(C(=O)Nc2cccc(CSCCC(=O)O)c2)c(C)c1. The first-order valence-electron chi connectivity index (χ1n) is 7.84. The standard InChI is InChI=1S/C19H21NO4S/c1-13-10-16(24-2)6-7-17(13)19(23)20-15-5-3-4-14(11-15)12-25-9-8-18(21)22/h3-7,10-11H,8-9,12H2,1-2H3,(H,20,23)(H,21,22). The lowest BCUT2D eigenvalue weighted by molar-refractivity contribution is -0.136. The summed E-state index contributed by atoms with van der Waals surface area (Å²) in [6, 6.07) is 12.9. The van der Waals surface area contributed by atoms with Crippen molar-refractivity contribution in [2.75, 3.05) is 18.2 Å². The highest BCUT2D eigenvalue weighted by atomic mass is 32.2. The van der Waals surface area contributed by atoms with Gasteiger partial charge in [0.2, 0.25) is 0 Å². The monoisotopic (exact) mass is 359 g/mol. The van der Waals surface area contributed by atoms with E-state index in [1.54, 1.807) is 31.0 Å². The molecule has 132 valence electrons. The zero-order valence-electron chi connectivity index (χ0n) is 14.2. The summed E-state index contributed by atoms with van der Waals surface area (Å²) in [5.41, 5.74) is 3.20. The number of aliphatic carboxylic acids is 1. The predicted molar refractivity (Wildman–Crippen MR) is 101 cm³/mol. The lowest BCUT2D eigenvalue weighted by Crippen LogP contribution is -2.13. The summed E-state index contributed by atoms with van der Waals surface area (Å²) in [6.45, 7) is 1.87. The number of nitrogens with one attached hydrogen (secondary N) is 1. The number of aryl methyl sites for hydroxylation is 1. The summed E-state index contributed by atoms with van der Waals surface area (Å²) >= 11 is 1.56. The number of thioether (sulfide) groups is 1. The van der Waals surface area contributed by atoms with E-state index >= 15 is 0 Å². The lowest BCUT2D eigenvalue weighted by Gasteiger charge is -2.10. The second-order valence-corrected chi connectivity index (χ2v) is 6.64. The Hall–Kier alpha value is -2.47. The number of hydrogen-bond acceptors (Lipinski definition) is 4. The van der Waals surface area contributed by atoms with Crippen LogP contribution < -0.4 is 10.1 Å². The number of ether oxygens (including phenoxy) is 1. The minimum Gasteiger partial charge on any atom is -0.497 e. The molecule has 0 bridgehead atoms. The molecule has 0 aliphatic rings. The highest BCUT2D eigenvalue weighted by Gasteiger charge is 2.10. The topological polar surface area (TPSA) is 75.6 Å². The minimum absolute atomic E-state index is 0.151. The fourth-order valence-electron chi connectivity index (χ4n) is 2.30. The van der Waals surface area contributed by atoms with Crippen LogP contribution in [0.15, 0.2) is 42.5 Å².